The Kier molecular flexibility index (Phi) is 12.9. The van der Waals surface area contributed by atoms with Gasteiger partial charge in [0, 0.05) is 31.1 Å². The Morgan fingerprint density at radius 3 is 2.21 bits per heavy atom. The maximum Gasteiger partial charge on any atom is 0.356 e. The fraction of sp³-hybridized carbons (Fsp3) is 0.205. The minimum absolute atomic E-state index is 0.0000380. The summed E-state index contributed by atoms with van der Waals surface area (Å²) >= 11 is 2.12. The van der Waals surface area contributed by atoms with Gasteiger partial charge in [-0.1, -0.05) is 71.9 Å². The number of esters is 4. The molecule has 3 aromatic carbocycles. The average Bonchev–Trinajstić information content (AvgIpc) is 3.65. The van der Waals surface area contributed by atoms with Gasteiger partial charge in [0.15, 0.2) is 22.7 Å². The van der Waals surface area contributed by atoms with E-state index in [1.54, 1.807) is 6.08 Å². The number of anilines is 1. The Morgan fingerprint density at radius 2 is 1.60 bits per heavy atom. The second-order valence-electron chi connectivity index (χ2n) is 12.3. The van der Waals surface area contributed by atoms with E-state index in [1.807, 2.05) is 60.7 Å². The second-order valence-corrected chi connectivity index (χ2v) is 14.2. The third-order valence-corrected chi connectivity index (χ3v) is 10.1. The van der Waals surface area contributed by atoms with Crippen molar-refractivity contribution in [3.8, 4) is 11.5 Å². The molecule has 4 aromatic rings. The summed E-state index contributed by atoms with van der Waals surface area (Å²) in [4.78, 5) is 87.7. The molecular formula is C39H34N6O11S2. The smallest absolute Gasteiger partial charge is 0.356 e. The van der Waals surface area contributed by atoms with Crippen molar-refractivity contribution < 1.29 is 52.6 Å². The van der Waals surface area contributed by atoms with Crippen LogP contribution in [0.15, 0.2) is 107 Å². The summed E-state index contributed by atoms with van der Waals surface area (Å²) in [5.74, 6) is -4.48. The Labute approximate surface area is 339 Å². The summed E-state index contributed by atoms with van der Waals surface area (Å²) in [6, 6.07) is 20.9. The van der Waals surface area contributed by atoms with Gasteiger partial charge >= 0.3 is 23.9 Å². The molecule has 0 spiro atoms. The lowest BCUT2D eigenvalue weighted by Gasteiger charge is -2.49. The fourth-order valence-electron chi connectivity index (χ4n) is 5.83. The number of nitrogens with two attached hydrogens (primary N) is 1. The molecule has 2 atom stereocenters. The zero-order valence-corrected chi connectivity index (χ0v) is 32.6. The number of nitrogen functional groups attached to an aromatic ring is 1. The number of rotatable bonds is 14. The number of oxime groups is 1. The molecule has 0 radical (unpaired) electrons. The van der Waals surface area contributed by atoms with Gasteiger partial charge < -0.3 is 34.8 Å². The molecule has 0 saturated carbocycles. The van der Waals surface area contributed by atoms with Gasteiger partial charge in [-0.3, -0.25) is 24.1 Å². The van der Waals surface area contributed by atoms with Crippen molar-refractivity contribution in [3.05, 3.63) is 125 Å². The highest BCUT2D eigenvalue weighted by Crippen LogP contribution is 2.42. The number of allylic oxidation sites excluding steroid dienone is 1. The fourth-order valence-corrected chi connectivity index (χ4v) is 7.58. The van der Waals surface area contributed by atoms with Crippen molar-refractivity contribution in [2.24, 2.45) is 5.16 Å². The molecular weight excluding hydrogens is 793 g/mol. The maximum absolute atomic E-state index is 14.3. The molecule has 58 heavy (non-hydrogen) atoms. The maximum atomic E-state index is 14.3. The summed E-state index contributed by atoms with van der Waals surface area (Å²) in [7, 11) is 1.23. The van der Waals surface area contributed by atoms with Crippen molar-refractivity contribution in [2.75, 3.05) is 25.2 Å². The Bertz CT molecular complexity index is 2290. The van der Waals surface area contributed by atoms with E-state index in [-0.39, 0.29) is 51.8 Å². The number of hydrogen-bond acceptors (Lipinski definition) is 17. The van der Waals surface area contributed by atoms with Crippen LogP contribution >= 0.6 is 23.3 Å². The number of amides is 2. The number of β-lactam (4-membered cyclic amide) rings is 1. The van der Waals surface area contributed by atoms with Gasteiger partial charge in [0.2, 0.25) is 11.5 Å². The van der Waals surface area contributed by atoms with Crippen LogP contribution in [0, 0.1) is 0 Å². The van der Waals surface area contributed by atoms with Crippen LogP contribution in [0.5, 0.6) is 11.5 Å². The van der Waals surface area contributed by atoms with E-state index in [4.69, 9.17) is 29.5 Å². The highest BCUT2D eigenvalue weighted by Gasteiger charge is 2.55. The van der Waals surface area contributed by atoms with Crippen LogP contribution in [0.25, 0.3) is 0 Å². The number of thioether (sulfide) groups is 1. The van der Waals surface area contributed by atoms with E-state index < -0.39 is 53.2 Å². The molecule has 2 aliphatic heterocycles. The van der Waals surface area contributed by atoms with Gasteiger partial charge in [0.05, 0.1) is 5.56 Å². The van der Waals surface area contributed by atoms with Crippen LogP contribution in [0.1, 0.15) is 47.3 Å². The van der Waals surface area contributed by atoms with E-state index in [0.717, 1.165) is 18.5 Å². The topological polar surface area (TPSA) is 228 Å². The molecule has 1 unspecified atom stereocenters. The molecule has 17 nitrogen and oxygen atoms in total. The zero-order chi connectivity index (χ0) is 41.3. The lowest BCUT2D eigenvalue weighted by molar-refractivity contribution is -0.154. The summed E-state index contributed by atoms with van der Waals surface area (Å²) in [5.41, 5.74) is 7.09. The highest BCUT2D eigenvalue weighted by molar-refractivity contribution is 8.00. The standard InChI is InChI=1S/C39H34N6O11S2/c1-21(46)54-27-17-16-25(19-28(27)55-22(2)47)37(50)53-18-10-15-26-20-57-36-30(41-34(48)29(43-52-3)33-42-39(40)58-44-33)35(49)45(36)31(26)38(51)56-32(23-11-6-4-7-12-23)24-13-8-5-9-14-24/h4-17,19,30,32,36H,18,20H2,1-3H3,(H,41,48)(H2,40,42,44)/t30?,36-/m0/s1. The Hall–Kier alpha value is -6.86. The molecule has 3 heterocycles. The largest absolute Gasteiger partial charge is 0.458 e. The number of hydrogen-bond donors (Lipinski definition) is 2. The predicted molar refractivity (Wildman–Crippen MR) is 209 cm³/mol. The highest BCUT2D eigenvalue weighted by atomic mass is 32.2. The lowest BCUT2D eigenvalue weighted by Crippen LogP contribution is -2.71. The number of benzene rings is 3. The van der Waals surface area contributed by atoms with Crippen molar-refractivity contribution in [1.29, 1.82) is 0 Å². The van der Waals surface area contributed by atoms with E-state index in [0.29, 0.717) is 16.7 Å². The van der Waals surface area contributed by atoms with E-state index in [1.165, 1.54) is 55.0 Å². The van der Waals surface area contributed by atoms with Gasteiger partial charge in [0.25, 0.3) is 11.8 Å². The minimum Gasteiger partial charge on any atom is -0.458 e. The number of ether oxygens (including phenoxy) is 4. The normalized spacial score (nSPS) is 16.3. The van der Waals surface area contributed by atoms with E-state index in [2.05, 4.69) is 19.8 Å². The van der Waals surface area contributed by atoms with Gasteiger partial charge in [-0.2, -0.15) is 9.36 Å². The third-order valence-electron chi connectivity index (χ3n) is 8.27. The zero-order valence-electron chi connectivity index (χ0n) is 31.0. The Morgan fingerprint density at radius 1 is 0.948 bits per heavy atom. The molecule has 1 saturated heterocycles. The van der Waals surface area contributed by atoms with Crippen LogP contribution < -0.4 is 20.5 Å². The molecule has 6 rings (SSSR count). The summed E-state index contributed by atoms with van der Waals surface area (Å²) < 4.78 is 25.8. The van der Waals surface area contributed by atoms with Gasteiger partial charge in [0.1, 0.15) is 30.8 Å². The number of nitrogens with one attached hydrogen (secondary N) is 1. The van der Waals surface area contributed by atoms with Crippen molar-refractivity contribution in [3.63, 3.8) is 0 Å². The number of carbonyl (C=O) groups is 6. The molecule has 1 aromatic heterocycles. The first kappa shape index (κ1) is 40.8. The van der Waals surface area contributed by atoms with Gasteiger partial charge in [-0.25, -0.2) is 9.59 Å². The van der Waals surface area contributed by atoms with Crippen molar-refractivity contribution in [2.45, 2.75) is 31.4 Å². The molecule has 0 aliphatic carbocycles. The van der Waals surface area contributed by atoms with Crippen LogP contribution in [0.3, 0.4) is 0 Å². The van der Waals surface area contributed by atoms with E-state index in [9.17, 15) is 28.8 Å². The van der Waals surface area contributed by atoms with Crippen molar-refractivity contribution in [1.82, 2.24) is 19.6 Å². The first-order valence-corrected chi connectivity index (χ1v) is 19.1. The summed E-state index contributed by atoms with van der Waals surface area (Å²) in [6.07, 6.45) is 2.18. The summed E-state index contributed by atoms with van der Waals surface area (Å²) in [6.45, 7) is 2.05. The molecule has 3 N–H and O–H groups in total. The number of aromatic nitrogens is 2. The van der Waals surface area contributed by atoms with Gasteiger partial charge in [-0.05, 0) is 41.0 Å². The SMILES string of the molecule is CON=C(C(=O)NC1C(=O)N2C(C(=O)OC(c3ccccc3)c3ccccc3)=C(C=CCOC(=O)c3ccc(OC(C)=O)c(OC(C)=O)c3)CS[C@@H]12)c1nsc(N)n1. The average molecular weight is 827 g/mol. The number of fused-ring (bicyclic) bond motifs is 1. The number of carbonyl (C=O) groups excluding carboxylic acids is 6. The monoisotopic (exact) mass is 826 g/mol. The predicted octanol–water partition coefficient (Wildman–Crippen LogP) is 3.72. The quantitative estimate of drug-likeness (QED) is 0.0607. The van der Waals surface area contributed by atoms with Crippen LogP contribution in [0.2, 0.25) is 0 Å². The van der Waals surface area contributed by atoms with Crippen molar-refractivity contribution >= 4 is 69.8 Å². The second kappa shape index (κ2) is 18.4. The van der Waals surface area contributed by atoms with E-state index >= 15 is 0 Å². The third kappa shape index (κ3) is 9.39. The molecule has 2 amide bonds. The number of nitrogens with zero attached hydrogens (tertiary/aromatic N) is 4. The molecule has 298 valence electrons. The van der Waals surface area contributed by atoms with Crippen LogP contribution in [-0.4, -0.2) is 86.5 Å². The first-order valence-electron chi connectivity index (χ1n) is 17.3. The molecule has 2 aliphatic rings. The first-order chi connectivity index (χ1) is 27.9. The summed E-state index contributed by atoms with van der Waals surface area (Å²) in [5, 5.41) is 5.75. The molecule has 19 heteroatoms. The molecule has 1 fully saturated rings. The van der Waals surface area contributed by atoms with Crippen LogP contribution in [0.4, 0.5) is 5.13 Å². The van der Waals surface area contributed by atoms with Crippen LogP contribution in [-0.2, 0) is 38.3 Å². The Balaban J connectivity index is 1.25. The lowest BCUT2D eigenvalue weighted by atomic mass is 10.0. The minimum atomic E-state index is -1.08. The molecule has 0 bridgehead atoms. The van der Waals surface area contributed by atoms with Gasteiger partial charge in [-0.15, -0.1) is 11.8 Å².